The van der Waals surface area contributed by atoms with Crippen molar-refractivity contribution in [2.75, 3.05) is 6.54 Å². The van der Waals surface area contributed by atoms with Crippen LogP contribution < -0.4 is 5.32 Å². The molecule has 2 rings (SSSR count). The quantitative estimate of drug-likeness (QED) is 0.692. The summed E-state index contributed by atoms with van der Waals surface area (Å²) < 4.78 is 0. The molecule has 0 radical (unpaired) electrons. The summed E-state index contributed by atoms with van der Waals surface area (Å²) in [7, 11) is 0. The predicted octanol–water partition coefficient (Wildman–Crippen LogP) is 5.55. The molecule has 1 N–H and O–H groups in total. The van der Waals surface area contributed by atoms with E-state index in [1.54, 1.807) is 0 Å². The Morgan fingerprint density at radius 2 is 1.55 bits per heavy atom. The summed E-state index contributed by atoms with van der Waals surface area (Å²) >= 11 is 0. The molecular formula is C19H29N. The third-order valence-corrected chi connectivity index (χ3v) is 3.38. The van der Waals surface area contributed by atoms with Crippen molar-refractivity contribution in [3.05, 3.63) is 53.6 Å². The van der Waals surface area contributed by atoms with E-state index in [2.05, 4.69) is 62.5 Å². The largest absolute Gasteiger partial charge is 0.381 e. The van der Waals surface area contributed by atoms with E-state index in [4.69, 9.17) is 0 Å². The van der Waals surface area contributed by atoms with Crippen LogP contribution in [-0.4, -0.2) is 6.54 Å². The van der Waals surface area contributed by atoms with Gasteiger partial charge in [-0.05, 0) is 18.6 Å². The molecule has 1 aliphatic rings. The van der Waals surface area contributed by atoms with Crippen LogP contribution in [0.1, 0.15) is 58.4 Å². The van der Waals surface area contributed by atoms with Gasteiger partial charge < -0.3 is 5.32 Å². The molecule has 0 bridgehead atoms. The Hall–Kier alpha value is -1.50. The first-order chi connectivity index (χ1) is 9.77. The molecule has 0 saturated carbocycles. The third-order valence-electron chi connectivity index (χ3n) is 3.38. The molecule has 0 fully saturated rings. The van der Waals surface area contributed by atoms with E-state index >= 15 is 0 Å². The van der Waals surface area contributed by atoms with E-state index in [1.165, 1.54) is 48.9 Å². The zero-order valence-electron chi connectivity index (χ0n) is 13.3. The fourth-order valence-corrected chi connectivity index (χ4v) is 2.07. The van der Waals surface area contributed by atoms with Crippen LogP contribution in [0.25, 0.3) is 5.70 Å². The second kappa shape index (κ2) is 10.3. The van der Waals surface area contributed by atoms with Crippen LogP contribution in [0.3, 0.4) is 0 Å². The number of dihydropyridines is 1. The van der Waals surface area contributed by atoms with Crippen molar-refractivity contribution < 1.29 is 0 Å². The zero-order chi connectivity index (χ0) is 14.6. The fraction of sp³-hybridized carbons (Fsp3) is 0.474. The Balaban J connectivity index is 0.000000246. The first-order valence-electron chi connectivity index (χ1n) is 7.94. The number of unbranched alkanes of at least 4 members (excludes halogenated alkanes) is 4. The highest BCUT2D eigenvalue weighted by atomic mass is 14.9. The van der Waals surface area contributed by atoms with Gasteiger partial charge in [-0.3, -0.25) is 0 Å². The maximum Gasteiger partial charge on any atom is 0.0416 e. The number of allylic oxidation sites excluding steroid dienone is 2. The molecule has 1 heteroatoms. The molecule has 0 saturated heterocycles. The molecule has 0 aliphatic carbocycles. The second-order valence-corrected chi connectivity index (χ2v) is 5.37. The van der Waals surface area contributed by atoms with Crippen molar-refractivity contribution in [1.29, 1.82) is 0 Å². The van der Waals surface area contributed by atoms with E-state index in [-0.39, 0.29) is 0 Å². The molecule has 1 aromatic carbocycles. The minimum atomic E-state index is 0.959. The van der Waals surface area contributed by atoms with Crippen molar-refractivity contribution in [3.63, 3.8) is 0 Å². The number of benzene rings is 1. The van der Waals surface area contributed by atoms with Crippen molar-refractivity contribution >= 4 is 5.70 Å². The highest BCUT2D eigenvalue weighted by Crippen LogP contribution is 2.14. The first-order valence-corrected chi connectivity index (χ1v) is 7.94. The molecular weight excluding hydrogens is 242 g/mol. The van der Waals surface area contributed by atoms with Gasteiger partial charge in [-0.1, -0.05) is 87.9 Å². The Morgan fingerprint density at radius 3 is 2.05 bits per heavy atom. The Bertz CT molecular complexity index is 411. The van der Waals surface area contributed by atoms with Gasteiger partial charge in [0, 0.05) is 12.2 Å². The van der Waals surface area contributed by atoms with Gasteiger partial charge in [0.1, 0.15) is 0 Å². The molecule has 20 heavy (non-hydrogen) atoms. The van der Waals surface area contributed by atoms with Gasteiger partial charge in [0.2, 0.25) is 0 Å². The number of hydrogen-bond acceptors (Lipinski definition) is 1. The van der Waals surface area contributed by atoms with Crippen LogP contribution >= 0.6 is 0 Å². The summed E-state index contributed by atoms with van der Waals surface area (Å²) in [6.07, 6.45) is 11.3. The van der Waals surface area contributed by atoms with Crippen LogP contribution in [0, 0.1) is 0 Å². The standard InChI is InChI=1S/C12H13N.C7H16/c1-10-7-8-12(13-9-10)11-5-3-2-4-6-11;1-3-5-7-6-4-2/h2-8,13H,9H2,1H3;3-7H2,1-2H3. The van der Waals surface area contributed by atoms with Crippen LogP contribution in [-0.2, 0) is 0 Å². The molecule has 1 aromatic rings. The Kier molecular flexibility index (Phi) is 8.53. The minimum Gasteiger partial charge on any atom is -0.381 e. The normalized spacial score (nSPS) is 13.6. The topological polar surface area (TPSA) is 12.0 Å². The zero-order valence-corrected chi connectivity index (χ0v) is 13.3. The van der Waals surface area contributed by atoms with Gasteiger partial charge in [0.25, 0.3) is 0 Å². The maximum atomic E-state index is 3.38. The lowest BCUT2D eigenvalue weighted by Crippen LogP contribution is -2.17. The molecule has 0 atom stereocenters. The van der Waals surface area contributed by atoms with Crippen LogP contribution in [0.15, 0.2) is 48.1 Å². The molecule has 0 unspecified atom stereocenters. The van der Waals surface area contributed by atoms with E-state index < -0.39 is 0 Å². The Morgan fingerprint density at radius 1 is 0.900 bits per heavy atom. The van der Waals surface area contributed by atoms with Gasteiger partial charge in [0.15, 0.2) is 0 Å². The van der Waals surface area contributed by atoms with Crippen LogP contribution in [0.5, 0.6) is 0 Å². The lowest BCUT2D eigenvalue weighted by Gasteiger charge is -2.14. The summed E-state index contributed by atoms with van der Waals surface area (Å²) in [6.45, 7) is 7.58. The molecule has 110 valence electrons. The van der Waals surface area contributed by atoms with Crippen molar-refractivity contribution in [3.8, 4) is 0 Å². The summed E-state index contributed by atoms with van der Waals surface area (Å²) in [5.41, 5.74) is 3.84. The van der Waals surface area contributed by atoms with Gasteiger partial charge in [-0.2, -0.15) is 0 Å². The van der Waals surface area contributed by atoms with Gasteiger partial charge in [-0.15, -0.1) is 0 Å². The first kappa shape index (κ1) is 16.6. The number of nitrogens with one attached hydrogen (secondary N) is 1. The fourth-order valence-electron chi connectivity index (χ4n) is 2.07. The van der Waals surface area contributed by atoms with Gasteiger partial charge in [0.05, 0.1) is 0 Å². The molecule has 1 heterocycles. The summed E-state index contributed by atoms with van der Waals surface area (Å²) in [4.78, 5) is 0. The maximum absolute atomic E-state index is 3.38. The minimum absolute atomic E-state index is 0.959. The van der Waals surface area contributed by atoms with Crippen LogP contribution in [0.2, 0.25) is 0 Å². The summed E-state index contributed by atoms with van der Waals surface area (Å²) in [6, 6.07) is 10.4. The highest BCUT2D eigenvalue weighted by Gasteiger charge is 2.02. The highest BCUT2D eigenvalue weighted by molar-refractivity contribution is 5.66. The van der Waals surface area contributed by atoms with Crippen molar-refractivity contribution in [1.82, 2.24) is 5.32 Å². The molecule has 0 spiro atoms. The van der Waals surface area contributed by atoms with Gasteiger partial charge in [-0.25, -0.2) is 0 Å². The third kappa shape index (κ3) is 6.60. The van der Waals surface area contributed by atoms with Crippen molar-refractivity contribution in [2.24, 2.45) is 0 Å². The smallest absolute Gasteiger partial charge is 0.0416 e. The van der Waals surface area contributed by atoms with Gasteiger partial charge >= 0.3 is 0 Å². The van der Waals surface area contributed by atoms with E-state index in [9.17, 15) is 0 Å². The van der Waals surface area contributed by atoms with Crippen LogP contribution in [0.4, 0.5) is 0 Å². The average Bonchev–Trinajstić information content (AvgIpc) is 2.50. The lowest BCUT2D eigenvalue weighted by atomic mass is 10.1. The molecule has 0 aromatic heterocycles. The van der Waals surface area contributed by atoms with E-state index in [1.807, 2.05) is 6.07 Å². The molecule has 1 nitrogen and oxygen atoms in total. The molecule has 1 aliphatic heterocycles. The second-order valence-electron chi connectivity index (χ2n) is 5.37. The van der Waals surface area contributed by atoms with E-state index in [0.717, 1.165) is 6.54 Å². The summed E-state index contributed by atoms with van der Waals surface area (Å²) in [5, 5.41) is 3.38. The number of hydrogen-bond donors (Lipinski definition) is 1. The van der Waals surface area contributed by atoms with E-state index in [0.29, 0.717) is 0 Å². The Labute approximate surface area is 124 Å². The summed E-state index contributed by atoms with van der Waals surface area (Å²) in [5.74, 6) is 0. The van der Waals surface area contributed by atoms with Crippen molar-refractivity contribution in [2.45, 2.75) is 52.9 Å². The predicted molar refractivity (Wildman–Crippen MR) is 90.6 cm³/mol. The number of rotatable bonds is 5. The average molecular weight is 271 g/mol. The SMILES string of the molecule is CC1=CC=C(c2ccccc2)NC1.CCCCCCC. The monoisotopic (exact) mass is 271 g/mol. The molecule has 0 amide bonds. The lowest BCUT2D eigenvalue weighted by molar-refractivity contribution is 0.656.